The number of nitrogens with zero attached hydrogens (tertiary/aromatic N) is 3. The number of phenolic OH excluding ortho intramolecular Hbond substituents is 1. The van der Waals surface area contributed by atoms with Crippen molar-refractivity contribution in [1.82, 2.24) is 15.0 Å². The molecule has 0 aliphatic rings. The van der Waals surface area contributed by atoms with Gasteiger partial charge in [0.05, 0.1) is 0 Å². The summed E-state index contributed by atoms with van der Waals surface area (Å²) in [6.07, 6.45) is 2.91. The SMILES string of the molecule is CCCCc1cc(C)cc(-n2nc3ccc(Sc4ccc(NC(=O)Nc5ccccc5)cc4)cc3n2)c1O. The number of urea groups is 1. The number of carbonyl (C=O) groups is 1. The minimum absolute atomic E-state index is 0.241. The van der Waals surface area contributed by atoms with E-state index in [4.69, 9.17) is 0 Å². The van der Waals surface area contributed by atoms with E-state index in [2.05, 4.69) is 27.8 Å². The number of aromatic nitrogens is 3. The maximum atomic E-state index is 12.2. The zero-order valence-corrected chi connectivity index (χ0v) is 22.1. The minimum Gasteiger partial charge on any atom is -0.505 e. The highest BCUT2D eigenvalue weighted by atomic mass is 32.2. The van der Waals surface area contributed by atoms with Crippen molar-refractivity contribution in [2.75, 3.05) is 10.6 Å². The van der Waals surface area contributed by atoms with Gasteiger partial charge in [0.1, 0.15) is 22.5 Å². The Labute approximate surface area is 225 Å². The Bertz CT molecular complexity index is 1570. The van der Waals surface area contributed by atoms with Crippen molar-refractivity contribution in [3.63, 3.8) is 0 Å². The third-order valence-electron chi connectivity index (χ3n) is 6.06. The summed E-state index contributed by atoms with van der Waals surface area (Å²) in [6, 6.07) is 26.6. The first-order valence-corrected chi connectivity index (χ1v) is 13.4. The van der Waals surface area contributed by atoms with E-state index >= 15 is 0 Å². The molecule has 192 valence electrons. The molecule has 1 heterocycles. The predicted molar refractivity (Wildman–Crippen MR) is 154 cm³/mol. The van der Waals surface area contributed by atoms with Crippen molar-refractivity contribution in [3.05, 3.63) is 96.1 Å². The van der Waals surface area contributed by atoms with Crippen LogP contribution in [0.25, 0.3) is 16.7 Å². The minimum atomic E-state index is -0.290. The van der Waals surface area contributed by atoms with Crippen LogP contribution in [0.2, 0.25) is 0 Å². The molecule has 0 spiro atoms. The fraction of sp³-hybridized carbons (Fsp3) is 0.167. The molecule has 1 aromatic heterocycles. The molecule has 5 aromatic rings. The summed E-state index contributed by atoms with van der Waals surface area (Å²) in [5, 5.41) is 25.8. The second kappa shape index (κ2) is 11.4. The molecule has 3 N–H and O–H groups in total. The molecule has 5 rings (SSSR count). The zero-order chi connectivity index (χ0) is 26.5. The molecular weight excluding hydrogens is 494 g/mol. The molecule has 0 unspecified atom stereocenters. The number of carbonyl (C=O) groups excluding carboxylic acids is 1. The Kier molecular flexibility index (Phi) is 7.60. The van der Waals surface area contributed by atoms with Crippen LogP contribution in [0.1, 0.15) is 30.9 Å². The van der Waals surface area contributed by atoms with Crippen LogP contribution in [-0.4, -0.2) is 26.1 Å². The Morgan fingerprint density at radius 1 is 0.868 bits per heavy atom. The lowest BCUT2D eigenvalue weighted by atomic mass is 10.0. The molecular formula is C30H29N5O2S. The Morgan fingerprint density at radius 3 is 2.29 bits per heavy atom. The normalized spacial score (nSPS) is 11.0. The molecule has 7 nitrogen and oxygen atoms in total. The van der Waals surface area contributed by atoms with Crippen LogP contribution in [0.4, 0.5) is 16.2 Å². The molecule has 0 saturated heterocycles. The molecule has 0 atom stereocenters. The van der Waals surface area contributed by atoms with E-state index in [0.717, 1.165) is 56.9 Å². The van der Waals surface area contributed by atoms with Crippen LogP contribution in [0, 0.1) is 6.92 Å². The lowest BCUT2D eigenvalue weighted by Crippen LogP contribution is -2.19. The second-order valence-electron chi connectivity index (χ2n) is 9.11. The van der Waals surface area contributed by atoms with Crippen molar-refractivity contribution in [3.8, 4) is 11.4 Å². The molecule has 8 heteroatoms. The highest BCUT2D eigenvalue weighted by Gasteiger charge is 2.14. The van der Waals surface area contributed by atoms with Crippen molar-refractivity contribution >= 4 is 40.2 Å². The summed E-state index contributed by atoms with van der Waals surface area (Å²) in [6.45, 7) is 4.16. The summed E-state index contributed by atoms with van der Waals surface area (Å²) < 4.78 is 0. The summed E-state index contributed by atoms with van der Waals surface area (Å²) in [4.78, 5) is 15.8. The molecule has 0 fully saturated rings. The number of amides is 2. The van der Waals surface area contributed by atoms with E-state index < -0.39 is 0 Å². The largest absolute Gasteiger partial charge is 0.505 e. The van der Waals surface area contributed by atoms with E-state index in [1.54, 1.807) is 11.8 Å². The quantitative estimate of drug-likeness (QED) is 0.195. The average Bonchev–Trinajstić information content (AvgIpc) is 3.34. The fourth-order valence-corrected chi connectivity index (χ4v) is 5.02. The maximum Gasteiger partial charge on any atom is 0.323 e. The third kappa shape index (κ3) is 5.98. The van der Waals surface area contributed by atoms with Gasteiger partial charge in [0.25, 0.3) is 0 Å². The standard InChI is InChI=1S/C30H29N5O2S/c1-3-4-8-21-17-20(2)18-28(29(21)36)35-33-26-16-15-25(19-27(26)34-35)38-24-13-11-23(12-14-24)32-30(37)31-22-9-6-5-7-10-22/h5-7,9-19,36H,3-4,8H2,1-2H3,(H2,31,32,37). The van der Waals surface area contributed by atoms with E-state index in [1.165, 1.54) is 4.80 Å². The Hall–Kier alpha value is -4.30. The van der Waals surface area contributed by atoms with Crippen LogP contribution in [0.5, 0.6) is 5.75 Å². The number of unbranched alkanes of at least 4 members (excludes halogenated alkanes) is 1. The van der Waals surface area contributed by atoms with Crippen molar-refractivity contribution in [1.29, 1.82) is 0 Å². The van der Waals surface area contributed by atoms with Crippen molar-refractivity contribution < 1.29 is 9.90 Å². The number of phenols is 1. The van der Waals surface area contributed by atoms with Gasteiger partial charge in [0, 0.05) is 21.2 Å². The van der Waals surface area contributed by atoms with E-state index in [0.29, 0.717) is 11.4 Å². The molecule has 0 radical (unpaired) electrons. The molecule has 0 aliphatic heterocycles. The third-order valence-corrected chi connectivity index (χ3v) is 7.06. The topological polar surface area (TPSA) is 92.1 Å². The van der Waals surface area contributed by atoms with E-state index in [9.17, 15) is 9.90 Å². The number of hydrogen-bond donors (Lipinski definition) is 3. The van der Waals surface area contributed by atoms with Crippen LogP contribution < -0.4 is 10.6 Å². The van der Waals surface area contributed by atoms with Gasteiger partial charge in [-0.05, 0) is 91.6 Å². The second-order valence-corrected chi connectivity index (χ2v) is 10.3. The van der Waals surface area contributed by atoms with Gasteiger partial charge in [-0.1, -0.05) is 49.4 Å². The number of anilines is 2. The highest BCUT2D eigenvalue weighted by Crippen LogP contribution is 2.32. The monoisotopic (exact) mass is 523 g/mol. The van der Waals surface area contributed by atoms with Gasteiger partial charge in [0.15, 0.2) is 0 Å². The molecule has 4 aromatic carbocycles. The predicted octanol–water partition coefficient (Wildman–Crippen LogP) is 7.57. The molecule has 2 amide bonds. The summed E-state index contributed by atoms with van der Waals surface area (Å²) >= 11 is 1.60. The number of hydrogen-bond acceptors (Lipinski definition) is 5. The first-order chi connectivity index (χ1) is 18.5. The highest BCUT2D eigenvalue weighted by molar-refractivity contribution is 7.99. The van der Waals surface area contributed by atoms with Crippen molar-refractivity contribution in [2.45, 2.75) is 42.9 Å². The lowest BCUT2D eigenvalue weighted by molar-refractivity contribution is 0.262. The number of benzene rings is 4. The number of fused-ring (bicyclic) bond motifs is 1. The van der Waals surface area contributed by atoms with Gasteiger partial charge >= 0.3 is 6.03 Å². The number of nitrogens with one attached hydrogen (secondary N) is 2. The number of para-hydroxylation sites is 1. The molecule has 0 bridgehead atoms. The van der Waals surface area contributed by atoms with Crippen LogP contribution >= 0.6 is 11.8 Å². The molecule has 38 heavy (non-hydrogen) atoms. The summed E-state index contributed by atoms with van der Waals surface area (Å²) in [5.74, 6) is 0.241. The van der Waals surface area contributed by atoms with Crippen LogP contribution in [0.3, 0.4) is 0 Å². The van der Waals surface area contributed by atoms with Gasteiger partial charge < -0.3 is 15.7 Å². The zero-order valence-electron chi connectivity index (χ0n) is 21.3. The first-order valence-electron chi connectivity index (χ1n) is 12.6. The molecule has 0 saturated carbocycles. The number of rotatable bonds is 8. The number of aryl methyl sites for hydroxylation is 2. The van der Waals surface area contributed by atoms with Crippen LogP contribution in [0.15, 0.2) is 94.7 Å². The first kappa shape index (κ1) is 25.4. The van der Waals surface area contributed by atoms with Gasteiger partial charge in [0.2, 0.25) is 0 Å². The van der Waals surface area contributed by atoms with E-state index in [-0.39, 0.29) is 11.8 Å². The lowest BCUT2D eigenvalue weighted by Gasteiger charge is -2.10. The summed E-state index contributed by atoms with van der Waals surface area (Å²) in [7, 11) is 0. The smallest absolute Gasteiger partial charge is 0.323 e. The summed E-state index contributed by atoms with van der Waals surface area (Å²) in [5.41, 5.74) is 5.54. The average molecular weight is 524 g/mol. The maximum absolute atomic E-state index is 12.2. The Balaban J connectivity index is 1.29. The number of aromatic hydroxyl groups is 1. The van der Waals surface area contributed by atoms with Crippen LogP contribution in [-0.2, 0) is 6.42 Å². The van der Waals surface area contributed by atoms with Crippen molar-refractivity contribution in [2.24, 2.45) is 0 Å². The van der Waals surface area contributed by atoms with Gasteiger partial charge in [-0.2, -0.15) is 0 Å². The Morgan fingerprint density at radius 2 is 1.55 bits per heavy atom. The fourth-order valence-electron chi connectivity index (χ4n) is 4.17. The van der Waals surface area contributed by atoms with Gasteiger partial charge in [-0.3, -0.25) is 0 Å². The van der Waals surface area contributed by atoms with E-state index in [1.807, 2.05) is 91.9 Å². The van der Waals surface area contributed by atoms with Gasteiger partial charge in [-0.25, -0.2) is 4.79 Å². The van der Waals surface area contributed by atoms with Gasteiger partial charge in [-0.15, -0.1) is 15.0 Å². The molecule has 0 aliphatic carbocycles.